The van der Waals surface area contributed by atoms with Gasteiger partial charge >= 0.3 is 11.9 Å². The van der Waals surface area contributed by atoms with Crippen molar-refractivity contribution in [2.75, 3.05) is 0 Å². The van der Waals surface area contributed by atoms with E-state index in [1.165, 1.54) is 31.3 Å². The topological polar surface area (TPSA) is 44.0 Å². The van der Waals surface area contributed by atoms with Crippen molar-refractivity contribution in [1.82, 2.24) is 9.13 Å². The largest absolute Gasteiger partial charge is 0.416 e. The molecule has 4 nitrogen and oxygen atoms in total. The van der Waals surface area contributed by atoms with E-state index in [0.717, 1.165) is 16.7 Å². The first-order chi connectivity index (χ1) is 12.1. The number of alkyl halides is 3. The Balaban J connectivity index is 2.31. The molecule has 0 atom stereocenters. The second-order valence-electron chi connectivity index (χ2n) is 5.64. The fourth-order valence-electron chi connectivity index (χ4n) is 2.82. The predicted molar refractivity (Wildman–Crippen MR) is 91.7 cm³/mol. The second-order valence-corrected chi connectivity index (χ2v) is 6.49. The van der Waals surface area contributed by atoms with Crippen LogP contribution >= 0.6 is 15.9 Å². The van der Waals surface area contributed by atoms with E-state index in [1.54, 1.807) is 0 Å². The molecule has 2 aromatic carbocycles. The lowest BCUT2D eigenvalue weighted by atomic mass is 10.1. The first kappa shape index (κ1) is 18.4. The van der Waals surface area contributed by atoms with E-state index in [2.05, 4.69) is 15.9 Å². The third-order valence-electron chi connectivity index (χ3n) is 4.04. The van der Waals surface area contributed by atoms with E-state index in [9.17, 15) is 27.2 Å². The van der Waals surface area contributed by atoms with Gasteiger partial charge in [-0.2, -0.15) is 13.2 Å². The molecule has 3 aromatic rings. The number of halogens is 5. The summed E-state index contributed by atoms with van der Waals surface area (Å²) in [5, 5.41) is -0.114. The zero-order chi connectivity index (χ0) is 19.2. The van der Waals surface area contributed by atoms with E-state index in [0.29, 0.717) is 4.57 Å². The Bertz CT molecular complexity index is 1130. The van der Waals surface area contributed by atoms with Crippen LogP contribution in [0.2, 0.25) is 0 Å². The lowest BCUT2D eigenvalue weighted by Gasteiger charge is -2.15. The van der Waals surface area contributed by atoms with Crippen LogP contribution in [0.5, 0.6) is 0 Å². The van der Waals surface area contributed by atoms with Gasteiger partial charge in [0, 0.05) is 11.5 Å². The third kappa shape index (κ3) is 2.96. The van der Waals surface area contributed by atoms with E-state index >= 15 is 0 Å². The van der Waals surface area contributed by atoms with Gasteiger partial charge in [0.15, 0.2) is 0 Å². The Morgan fingerprint density at radius 3 is 2.38 bits per heavy atom. The van der Waals surface area contributed by atoms with E-state index in [-0.39, 0.29) is 20.9 Å². The quantitative estimate of drug-likeness (QED) is 0.582. The molecule has 1 aromatic heterocycles. The molecular weight excluding hydrogens is 420 g/mol. The van der Waals surface area contributed by atoms with Crippen LogP contribution in [0.3, 0.4) is 0 Å². The van der Waals surface area contributed by atoms with Gasteiger partial charge in [0.25, 0.3) is 5.56 Å². The molecule has 0 fully saturated rings. The maximum atomic E-state index is 14.1. The van der Waals surface area contributed by atoms with Crippen molar-refractivity contribution in [1.29, 1.82) is 0 Å². The van der Waals surface area contributed by atoms with Gasteiger partial charge in [-0.3, -0.25) is 13.9 Å². The number of hydrogen-bond donors (Lipinski definition) is 0. The summed E-state index contributed by atoms with van der Waals surface area (Å²) in [7, 11) is 1.26. The number of fused-ring (bicyclic) bond motifs is 1. The summed E-state index contributed by atoms with van der Waals surface area (Å²) < 4.78 is 55.4. The molecule has 0 N–H and O–H groups in total. The highest BCUT2D eigenvalue weighted by Crippen LogP contribution is 2.32. The summed E-state index contributed by atoms with van der Waals surface area (Å²) in [6, 6.07) is 7.07. The highest BCUT2D eigenvalue weighted by Gasteiger charge is 2.33. The molecule has 0 bridgehead atoms. The Morgan fingerprint density at radius 2 is 1.73 bits per heavy atom. The molecular formula is C17H11BrF4N2O2. The number of hydrogen-bond acceptors (Lipinski definition) is 2. The molecule has 0 saturated heterocycles. The zero-order valence-corrected chi connectivity index (χ0v) is 14.9. The molecule has 136 valence electrons. The third-order valence-corrected chi connectivity index (χ3v) is 4.70. The minimum absolute atomic E-state index is 0.114. The van der Waals surface area contributed by atoms with Gasteiger partial charge in [-0.1, -0.05) is 18.2 Å². The van der Waals surface area contributed by atoms with Crippen molar-refractivity contribution in [2.24, 2.45) is 7.05 Å². The molecule has 9 heteroatoms. The smallest absolute Gasteiger partial charge is 0.293 e. The van der Waals surface area contributed by atoms with E-state index in [1.807, 2.05) is 0 Å². The monoisotopic (exact) mass is 430 g/mol. The molecule has 0 saturated carbocycles. The lowest BCUT2D eigenvalue weighted by Crippen LogP contribution is -2.40. The van der Waals surface area contributed by atoms with E-state index in [4.69, 9.17) is 0 Å². The predicted octanol–water partition coefficient (Wildman–Crippen LogP) is 3.67. The molecule has 0 radical (unpaired) electrons. The average molecular weight is 431 g/mol. The molecule has 0 aliphatic carbocycles. The van der Waals surface area contributed by atoms with Crippen molar-refractivity contribution < 1.29 is 17.6 Å². The SMILES string of the molecule is Cn1c(=O)n(Cc2ccccc2C(F)(F)F)c(=O)c2c(Br)ccc(F)c21. The van der Waals surface area contributed by atoms with Crippen molar-refractivity contribution in [3.63, 3.8) is 0 Å². The van der Waals surface area contributed by atoms with Crippen LogP contribution in [-0.4, -0.2) is 9.13 Å². The van der Waals surface area contributed by atoms with Crippen LogP contribution in [0.15, 0.2) is 50.5 Å². The van der Waals surface area contributed by atoms with Crippen molar-refractivity contribution in [2.45, 2.75) is 12.7 Å². The van der Waals surface area contributed by atoms with Gasteiger partial charge in [-0.25, -0.2) is 9.18 Å². The summed E-state index contributed by atoms with van der Waals surface area (Å²) in [6.45, 7) is -0.583. The summed E-state index contributed by atoms with van der Waals surface area (Å²) in [5.74, 6) is -0.775. The van der Waals surface area contributed by atoms with Gasteiger partial charge < -0.3 is 0 Å². The molecule has 0 aliphatic rings. The average Bonchev–Trinajstić information content (AvgIpc) is 2.58. The second kappa shape index (κ2) is 6.39. The van der Waals surface area contributed by atoms with Crippen LogP contribution in [0, 0.1) is 5.82 Å². The molecule has 0 aliphatic heterocycles. The van der Waals surface area contributed by atoms with Crippen molar-refractivity contribution >= 4 is 26.8 Å². The van der Waals surface area contributed by atoms with Crippen LogP contribution in [0.25, 0.3) is 10.9 Å². The molecule has 0 spiro atoms. The summed E-state index contributed by atoms with van der Waals surface area (Å²) in [6.07, 6.45) is -4.63. The molecule has 0 amide bonds. The zero-order valence-electron chi connectivity index (χ0n) is 13.3. The Morgan fingerprint density at radius 1 is 1.08 bits per heavy atom. The summed E-state index contributed by atoms with van der Waals surface area (Å²) in [4.78, 5) is 25.2. The van der Waals surface area contributed by atoms with E-state index < -0.39 is 35.4 Å². The Hall–Kier alpha value is -2.42. The van der Waals surface area contributed by atoms with Crippen LogP contribution in [-0.2, 0) is 19.8 Å². The van der Waals surface area contributed by atoms with Crippen LogP contribution < -0.4 is 11.2 Å². The van der Waals surface area contributed by atoms with Gasteiger partial charge in [0.05, 0.1) is 23.0 Å². The van der Waals surface area contributed by atoms with Crippen molar-refractivity contribution in [3.8, 4) is 0 Å². The van der Waals surface area contributed by atoms with Gasteiger partial charge in [0.2, 0.25) is 0 Å². The first-order valence-corrected chi connectivity index (χ1v) is 8.15. The Kier molecular flexibility index (Phi) is 4.51. The van der Waals surface area contributed by atoms with Crippen molar-refractivity contribution in [3.05, 3.63) is 78.7 Å². The first-order valence-electron chi connectivity index (χ1n) is 7.35. The number of aryl methyl sites for hydroxylation is 1. The molecule has 0 unspecified atom stereocenters. The molecule has 3 rings (SSSR count). The highest BCUT2D eigenvalue weighted by atomic mass is 79.9. The fraction of sp³-hybridized carbons (Fsp3) is 0.176. The van der Waals surface area contributed by atoms with Crippen LogP contribution in [0.4, 0.5) is 17.6 Å². The van der Waals surface area contributed by atoms with Gasteiger partial charge in [0.1, 0.15) is 5.82 Å². The maximum absolute atomic E-state index is 14.1. The standard InChI is InChI=1S/C17H11BrF4N2O2/c1-23-14-12(19)7-6-11(18)13(14)15(25)24(16(23)26)8-9-4-2-3-5-10(9)17(20,21)22/h2-7H,8H2,1H3. The number of nitrogens with zero attached hydrogens (tertiary/aromatic N) is 2. The number of benzene rings is 2. The Labute approximate surface area is 152 Å². The summed E-state index contributed by atoms with van der Waals surface area (Å²) >= 11 is 3.13. The van der Waals surface area contributed by atoms with Crippen LogP contribution in [0.1, 0.15) is 11.1 Å². The minimum atomic E-state index is -4.63. The highest BCUT2D eigenvalue weighted by molar-refractivity contribution is 9.10. The van der Waals surface area contributed by atoms with Gasteiger partial charge in [-0.05, 0) is 39.7 Å². The lowest BCUT2D eigenvalue weighted by molar-refractivity contribution is -0.138. The number of rotatable bonds is 2. The normalized spacial score (nSPS) is 11.9. The molecule has 1 heterocycles. The summed E-state index contributed by atoms with van der Waals surface area (Å²) in [5.41, 5.74) is -3.16. The maximum Gasteiger partial charge on any atom is 0.416 e. The van der Waals surface area contributed by atoms with Gasteiger partial charge in [-0.15, -0.1) is 0 Å². The number of aromatic nitrogens is 2. The minimum Gasteiger partial charge on any atom is -0.293 e. The molecule has 26 heavy (non-hydrogen) atoms. The fourth-order valence-corrected chi connectivity index (χ4v) is 3.31.